The summed E-state index contributed by atoms with van der Waals surface area (Å²) in [6.07, 6.45) is 6.83. The first-order valence-electron chi connectivity index (χ1n) is 9.29. The quantitative estimate of drug-likeness (QED) is 0.512. The molecular weight excluding hydrogens is 332 g/mol. The van der Waals surface area contributed by atoms with Gasteiger partial charge in [0.15, 0.2) is 0 Å². The van der Waals surface area contributed by atoms with Crippen LogP contribution in [0.15, 0.2) is 42.5 Å². The number of ether oxygens (including phenoxy) is 2. The molecular formula is C21H28O5. The van der Waals surface area contributed by atoms with E-state index in [1.54, 1.807) is 6.08 Å². The zero-order valence-electron chi connectivity index (χ0n) is 15.3. The molecule has 1 heterocycles. The monoisotopic (exact) mass is 360 g/mol. The second kappa shape index (κ2) is 10.8. The lowest BCUT2D eigenvalue weighted by Gasteiger charge is -2.25. The smallest absolute Gasteiger partial charge is 0.330 e. The molecule has 1 aromatic carbocycles. The maximum absolute atomic E-state index is 11.3. The zero-order valence-corrected chi connectivity index (χ0v) is 15.3. The number of hydrogen-bond acceptors (Lipinski definition) is 5. The second-order valence-electron chi connectivity index (χ2n) is 6.79. The van der Waals surface area contributed by atoms with Crippen molar-refractivity contribution in [2.45, 2.75) is 70.2 Å². The summed E-state index contributed by atoms with van der Waals surface area (Å²) in [6.45, 7) is 1.35. The van der Waals surface area contributed by atoms with Gasteiger partial charge in [0.05, 0.1) is 6.10 Å². The summed E-state index contributed by atoms with van der Waals surface area (Å²) >= 11 is 0. The van der Waals surface area contributed by atoms with Crippen molar-refractivity contribution in [3.05, 3.63) is 48.0 Å². The number of carbonyl (C=O) groups is 2. The van der Waals surface area contributed by atoms with E-state index >= 15 is 0 Å². The van der Waals surface area contributed by atoms with Gasteiger partial charge in [-0.3, -0.25) is 4.79 Å². The number of rotatable bonds is 10. The highest BCUT2D eigenvalue weighted by atomic mass is 16.6. The SMILES string of the molecule is CC(=O)OC(CC(O)CCCCc1ccccc1)CC1CC=CC(=O)O1. The maximum atomic E-state index is 11.3. The molecule has 0 fully saturated rings. The first-order valence-corrected chi connectivity index (χ1v) is 9.29. The number of carbonyl (C=O) groups excluding carboxylic acids is 2. The normalized spacial score (nSPS) is 18.8. The number of esters is 2. The van der Waals surface area contributed by atoms with Gasteiger partial charge in [0, 0.05) is 32.3 Å². The largest absolute Gasteiger partial charge is 0.462 e. The average Bonchev–Trinajstić information content (AvgIpc) is 2.59. The molecule has 142 valence electrons. The fourth-order valence-electron chi connectivity index (χ4n) is 3.21. The molecule has 5 heteroatoms. The van der Waals surface area contributed by atoms with Gasteiger partial charge in [0.1, 0.15) is 12.2 Å². The number of hydrogen-bond donors (Lipinski definition) is 1. The molecule has 0 radical (unpaired) electrons. The van der Waals surface area contributed by atoms with E-state index < -0.39 is 12.2 Å². The van der Waals surface area contributed by atoms with E-state index in [0.717, 1.165) is 19.3 Å². The molecule has 3 atom stereocenters. The van der Waals surface area contributed by atoms with Crippen LogP contribution in [0, 0.1) is 0 Å². The molecule has 1 aliphatic heterocycles. The van der Waals surface area contributed by atoms with Gasteiger partial charge < -0.3 is 14.6 Å². The molecule has 0 bridgehead atoms. The summed E-state index contributed by atoms with van der Waals surface area (Å²) in [5.41, 5.74) is 1.30. The van der Waals surface area contributed by atoms with Crippen LogP contribution in [0.25, 0.3) is 0 Å². The number of benzene rings is 1. The summed E-state index contributed by atoms with van der Waals surface area (Å²) in [6, 6.07) is 10.3. The number of aliphatic hydroxyl groups is 1. The van der Waals surface area contributed by atoms with Crippen molar-refractivity contribution < 1.29 is 24.2 Å². The van der Waals surface area contributed by atoms with Crippen molar-refractivity contribution in [3.8, 4) is 0 Å². The predicted molar refractivity (Wildman–Crippen MR) is 98.4 cm³/mol. The van der Waals surface area contributed by atoms with Gasteiger partial charge in [0.2, 0.25) is 0 Å². The summed E-state index contributed by atoms with van der Waals surface area (Å²) in [4.78, 5) is 22.7. The van der Waals surface area contributed by atoms with Crippen LogP contribution in [0.4, 0.5) is 0 Å². The molecule has 0 amide bonds. The Morgan fingerprint density at radius 3 is 2.77 bits per heavy atom. The highest BCUT2D eigenvalue weighted by Gasteiger charge is 2.25. The van der Waals surface area contributed by atoms with Gasteiger partial charge in [-0.25, -0.2) is 4.79 Å². The van der Waals surface area contributed by atoms with Gasteiger partial charge >= 0.3 is 11.9 Å². The molecule has 1 aliphatic rings. The third-order valence-electron chi connectivity index (χ3n) is 4.42. The highest BCUT2D eigenvalue weighted by molar-refractivity contribution is 5.82. The average molecular weight is 360 g/mol. The van der Waals surface area contributed by atoms with Gasteiger partial charge in [-0.1, -0.05) is 42.8 Å². The fraction of sp³-hybridized carbons (Fsp3) is 0.524. The number of unbranched alkanes of at least 4 members (excludes halogenated alkanes) is 1. The lowest BCUT2D eigenvalue weighted by molar-refractivity contribution is -0.153. The molecule has 26 heavy (non-hydrogen) atoms. The first kappa shape index (κ1) is 20.2. The minimum absolute atomic E-state index is 0.304. The molecule has 1 N–H and O–H groups in total. The molecule has 0 spiro atoms. The van der Waals surface area contributed by atoms with Crippen molar-refractivity contribution in [2.75, 3.05) is 0 Å². The Labute approximate surface area is 155 Å². The van der Waals surface area contributed by atoms with Crippen LogP contribution in [0.2, 0.25) is 0 Å². The van der Waals surface area contributed by atoms with Crippen LogP contribution in [0.3, 0.4) is 0 Å². The third kappa shape index (κ3) is 7.83. The van der Waals surface area contributed by atoms with Crippen molar-refractivity contribution >= 4 is 11.9 Å². The summed E-state index contributed by atoms with van der Waals surface area (Å²) in [5, 5.41) is 10.3. The summed E-state index contributed by atoms with van der Waals surface area (Å²) < 4.78 is 10.5. The third-order valence-corrected chi connectivity index (χ3v) is 4.42. The molecule has 0 saturated carbocycles. The van der Waals surface area contributed by atoms with Crippen LogP contribution in [-0.2, 0) is 25.5 Å². The minimum atomic E-state index is -0.537. The fourth-order valence-corrected chi connectivity index (χ4v) is 3.21. The topological polar surface area (TPSA) is 72.8 Å². The summed E-state index contributed by atoms with van der Waals surface area (Å²) in [5.74, 6) is -0.756. The van der Waals surface area contributed by atoms with E-state index in [0.29, 0.717) is 25.7 Å². The maximum Gasteiger partial charge on any atom is 0.330 e. The lowest BCUT2D eigenvalue weighted by Crippen LogP contribution is -2.30. The van der Waals surface area contributed by atoms with Crippen LogP contribution < -0.4 is 0 Å². The van der Waals surface area contributed by atoms with Crippen molar-refractivity contribution in [3.63, 3.8) is 0 Å². The molecule has 3 unspecified atom stereocenters. The number of aliphatic hydroxyl groups excluding tert-OH is 1. The molecule has 0 aromatic heterocycles. The van der Waals surface area contributed by atoms with Crippen LogP contribution in [0.1, 0.15) is 51.0 Å². The van der Waals surface area contributed by atoms with Crippen LogP contribution in [-0.4, -0.2) is 35.4 Å². The highest BCUT2D eigenvalue weighted by Crippen LogP contribution is 2.20. The van der Waals surface area contributed by atoms with Gasteiger partial charge in [-0.05, 0) is 24.8 Å². The van der Waals surface area contributed by atoms with Gasteiger partial charge in [-0.2, -0.15) is 0 Å². The van der Waals surface area contributed by atoms with Crippen molar-refractivity contribution in [2.24, 2.45) is 0 Å². The van der Waals surface area contributed by atoms with Crippen molar-refractivity contribution in [1.29, 1.82) is 0 Å². The Hall–Kier alpha value is -2.14. The zero-order chi connectivity index (χ0) is 18.8. The first-order chi connectivity index (χ1) is 12.5. The molecule has 2 rings (SSSR count). The minimum Gasteiger partial charge on any atom is -0.462 e. The number of cyclic esters (lactones) is 1. The lowest BCUT2D eigenvalue weighted by atomic mass is 9.98. The van der Waals surface area contributed by atoms with Gasteiger partial charge in [-0.15, -0.1) is 0 Å². The van der Waals surface area contributed by atoms with E-state index in [2.05, 4.69) is 12.1 Å². The van der Waals surface area contributed by atoms with E-state index in [-0.39, 0.29) is 18.0 Å². The number of aryl methyl sites for hydroxylation is 1. The molecule has 0 aliphatic carbocycles. The Morgan fingerprint density at radius 2 is 2.08 bits per heavy atom. The Morgan fingerprint density at radius 1 is 1.31 bits per heavy atom. The Bertz CT molecular complexity index is 596. The molecule has 1 aromatic rings. The molecule has 5 nitrogen and oxygen atoms in total. The van der Waals surface area contributed by atoms with E-state index in [1.807, 2.05) is 18.2 Å². The summed E-state index contributed by atoms with van der Waals surface area (Å²) in [7, 11) is 0. The van der Waals surface area contributed by atoms with Gasteiger partial charge in [0.25, 0.3) is 0 Å². The van der Waals surface area contributed by atoms with E-state index in [4.69, 9.17) is 9.47 Å². The van der Waals surface area contributed by atoms with E-state index in [9.17, 15) is 14.7 Å². The Kier molecular flexibility index (Phi) is 8.35. The Balaban J connectivity index is 1.72. The van der Waals surface area contributed by atoms with E-state index in [1.165, 1.54) is 18.6 Å². The molecule has 0 saturated heterocycles. The van der Waals surface area contributed by atoms with Crippen LogP contribution in [0.5, 0.6) is 0 Å². The van der Waals surface area contributed by atoms with Crippen molar-refractivity contribution in [1.82, 2.24) is 0 Å². The standard InChI is InChI=1S/C21H28O5/c1-16(22)25-20(15-19-12-7-13-21(24)26-19)14-18(23)11-6-5-10-17-8-3-2-4-9-17/h2-4,7-9,13,18-20,23H,5-6,10-12,14-15H2,1H3. The van der Waals surface area contributed by atoms with Crippen LogP contribution >= 0.6 is 0 Å². The predicted octanol–water partition coefficient (Wildman–Crippen LogP) is 3.34. The second-order valence-corrected chi connectivity index (χ2v) is 6.79.